The smallest absolute Gasteiger partial charge is 0.220 e. The van der Waals surface area contributed by atoms with Crippen LogP contribution in [0.2, 0.25) is 0 Å². The highest BCUT2D eigenvalue weighted by atomic mass is 79.9. The van der Waals surface area contributed by atoms with E-state index < -0.39 is 0 Å². The molecule has 0 bridgehead atoms. The molecule has 0 fully saturated rings. The minimum absolute atomic E-state index is 0.622. The van der Waals surface area contributed by atoms with Crippen molar-refractivity contribution in [2.45, 2.75) is 0 Å². The number of fused-ring (bicyclic) bond motifs is 1. The van der Waals surface area contributed by atoms with Crippen LogP contribution in [0.5, 0.6) is 0 Å². The first-order valence-electron chi connectivity index (χ1n) is 4.25. The molecule has 0 aliphatic heterocycles. The van der Waals surface area contributed by atoms with Crippen molar-refractivity contribution in [1.82, 2.24) is 19.6 Å². The number of thiophene rings is 1. The largest absolute Gasteiger partial charge is 0.252 e. The number of rotatable bonds is 1. The van der Waals surface area contributed by atoms with E-state index in [4.69, 9.17) is 0 Å². The Bertz CT molecular complexity index is 615. The van der Waals surface area contributed by atoms with Gasteiger partial charge in [-0.3, -0.25) is 0 Å². The second kappa shape index (κ2) is 3.39. The normalized spacial score (nSPS) is 11.0. The third-order valence-corrected chi connectivity index (χ3v) is 3.65. The van der Waals surface area contributed by atoms with Crippen LogP contribution in [-0.2, 0) is 0 Å². The molecular weight excluding hydrogens is 276 g/mol. The van der Waals surface area contributed by atoms with Gasteiger partial charge in [0.15, 0.2) is 0 Å². The molecule has 0 atom stereocenters. The average molecular weight is 281 g/mol. The van der Waals surface area contributed by atoms with Crippen molar-refractivity contribution in [1.29, 1.82) is 0 Å². The summed E-state index contributed by atoms with van der Waals surface area (Å²) in [5, 5.41) is 4.14. The Kier molecular flexibility index (Phi) is 2.03. The highest BCUT2D eigenvalue weighted by molar-refractivity contribution is 9.11. The second-order valence-electron chi connectivity index (χ2n) is 2.91. The molecule has 0 spiro atoms. The van der Waals surface area contributed by atoms with Gasteiger partial charge in [-0.25, -0.2) is 4.98 Å². The molecule has 0 aliphatic carbocycles. The first kappa shape index (κ1) is 8.99. The van der Waals surface area contributed by atoms with Gasteiger partial charge in [-0.15, -0.1) is 11.3 Å². The molecule has 3 aromatic heterocycles. The van der Waals surface area contributed by atoms with Crippen LogP contribution in [0.1, 0.15) is 0 Å². The molecule has 3 heterocycles. The van der Waals surface area contributed by atoms with E-state index in [1.165, 1.54) is 6.33 Å². The number of hydrogen-bond donors (Lipinski definition) is 0. The maximum absolute atomic E-state index is 4.14. The van der Waals surface area contributed by atoms with Gasteiger partial charge in [0.25, 0.3) is 5.78 Å². The highest BCUT2D eigenvalue weighted by Crippen LogP contribution is 2.30. The molecule has 3 aromatic rings. The predicted octanol–water partition coefficient (Wildman–Crippen LogP) is 2.62. The fourth-order valence-electron chi connectivity index (χ4n) is 1.38. The van der Waals surface area contributed by atoms with Gasteiger partial charge in [0, 0.05) is 6.20 Å². The molecule has 0 saturated carbocycles. The summed E-state index contributed by atoms with van der Waals surface area (Å²) >= 11 is 5.10. The predicted molar refractivity (Wildman–Crippen MR) is 61.8 cm³/mol. The minimum atomic E-state index is 0.622. The Hall–Kier alpha value is -1.27. The highest BCUT2D eigenvalue weighted by Gasteiger charge is 2.07. The van der Waals surface area contributed by atoms with E-state index >= 15 is 0 Å². The molecule has 0 aromatic carbocycles. The molecule has 0 N–H and O–H groups in total. The van der Waals surface area contributed by atoms with Gasteiger partial charge in [-0.2, -0.15) is 14.6 Å². The fraction of sp³-hybridized carbons (Fsp3) is 0. The van der Waals surface area contributed by atoms with Crippen molar-refractivity contribution >= 4 is 33.0 Å². The Balaban J connectivity index is 2.30. The Morgan fingerprint density at radius 3 is 2.93 bits per heavy atom. The lowest BCUT2D eigenvalue weighted by Gasteiger charge is -1.98. The zero-order valence-electron chi connectivity index (χ0n) is 7.46. The zero-order valence-corrected chi connectivity index (χ0v) is 9.86. The second-order valence-corrected chi connectivity index (χ2v) is 5.37. The maximum Gasteiger partial charge on any atom is 0.252 e. The molecule has 6 heteroatoms. The molecule has 3 rings (SSSR count). The Morgan fingerprint density at radius 2 is 2.13 bits per heavy atom. The van der Waals surface area contributed by atoms with Crippen molar-refractivity contribution in [2.24, 2.45) is 0 Å². The lowest BCUT2D eigenvalue weighted by molar-refractivity contribution is 0.950. The number of hydrogen-bond acceptors (Lipinski definition) is 4. The molecule has 15 heavy (non-hydrogen) atoms. The van der Waals surface area contributed by atoms with Gasteiger partial charge < -0.3 is 0 Å². The minimum Gasteiger partial charge on any atom is -0.220 e. The van der Waals surface area contributed by atoms with Crippen LogP contribution in [0, 0.1) is 0 Å². The summed E-state index contributed by atoms with van der Waals surface area (Å²) in [6, 6.07) is 5.99. The Labute approximate surface area is 97.7 Å². The first-order valence-corrected chi connectivity index (χ1v) is 5.86. The van der Waals surface area contributed by atoms with Gasteiger partial charge in [0.2, 0.25) is 0 Å². The summed E-state index contributed by atoms with van der Waals surface area (Å²) < 4.78 is 2.83. The van der Waals surface area contributed by atoms with E-state index in [2.05, 4.69) is 31.0 Å². The van der Waals surface area contributed by atoms with Gasteiger partial charge >= 0.3 is 0 Å². The molecule has 4 nitrogen and oxygen atoms in total. The lowest BCUT2D eigenvalue weighted by atomic mass is 10.3. The fourth-order valence-corrected chi connectivity index (χ4v) is 2.77. The average Bonchev–Trinajstić information content (AvgIpc) is 2.84. The number of aromatic nitrogens is 4. The summed E-state index contributed by atoms with van der Waals surface area (Å²) in [6.45, 7) is 0. The topological polar surface area (TPSA) is 43.1 Å². The Morgan fingerprint density at radius 1 is 1.20 bits per heavy atom. The molecule has 0 saturated heterocycles. The van der Waals surface area contributed by atoms with Gasteiger partial charge in [-0.1, -0.05) is 0 Å². The number of halogens is 1. The monoisotopic (exact) mass is 280 g/mol. The summed E-state index contributed by atoms with van der Waals surface area (Å²) in [4.78, 5) is 9.30. The van der Waals surface area contributed by atoms with E-state index in [9.17, 15) is 0 Å². The number of nitrogens with zero attached hydrogens (tertiary/aromatic N) is 4. The molecule has 0 aliphatic rings. The molecular formula is C9H5BrN4S. The van der Waals surface area contributed by atoms with Crippen molar-refractivity contribution in [3.63, 3.8) is 0 Å². The van der Waals surface area contributed by atoms with E-state index in [1.807, 2.05) is 18.2 Å². The quantitative estimate of drug-likeness (QED) is 0.688. The lowest BCUT2D eigenvalue weighted by Crippen LogP contribution is -1.93. The molecule has 0 radical (unpaired) electrons. The van der Waals surface area contributed by atoms with Crippen LogP contribution in [-0.4, -0.2) is 19.6 Å². The van der Waals surface area contributed by atoms with Crippen LogP contribution in [0.4, 0.5) is 0 Å². The van der Waals surface area contributed by atoms with Crippen LogP contribution in [0.15, 0.2) is 34.5 Å². The first-order chi connectivity index (χ1) is 7.34. The van der Waals surface area contributed by atoms with Gasteiger partial charge in [0.1, 0.15) is 6.33 Å². The summed E-state index contributed by atoms with van der Waals surface area (Å²) in [6.07, 6.45) is 3.25. The van der Waals surface area contributed by atoms with Crippen molar-refractivity contribution in [2.75, 3.05) is 0 Å². The molecule has 0 amide bonds. The summed E-state index contributed by atoms with van der Waals surface area (Å²) in [5.41, 5.74) is 1.01. The van der Waals surface area contributed by atoms with E-state index in [1.54, 1.807) is 22.0 Å². The van der Waals surface area contributed by atoms with Crippen molar-refractivity contribution < 1.29 is 0 Å². The summed E-state index contributed by atoms with van der Waals surface area (Å²) in [5.74, 6) is 0.622. The van der Waals surface area contributed by atoms with Gasteiger partial charge in [0.05, 0.1) is 14.4 Å². The third kappa shape index (κ3) is 1.46. The van der Waals surface area contributed by atoms with E-state index in [0.29, 0.717) is 5.78 Å². The van der Waals surface area contributed by atoms with Crippen LogP contribution in [0.3, 0.4) is 0 Å². The standard InChI is InChI=1S/C9H5BrN4S/c10-8-2-1-7(15-8)6-3-4-11-9-12-5-13-14(6)9/h1-5H. The van der Waals surface area contributed by atoms with Crippen molar-refractivity contribution in [3.05, 3.63) is 34.5 Å². The van der Waals surface area contributed by atoms with Crippen LogP contribution in [0.25, 0.3) is 16.3 Å². The maximum atomic E-state index is 4.14. The molecule has 0 unspecified atom stereocenters. The molecule has 74 valence electrons. The van der Waals surface area contributed by atoms with Crippen LogP contribution >= 0.6 is 27.3 Å². The SMILES string of the molecule is Brc1ccc(-c2ccnc3ncnn23)s1. The third-order valence-electron chi connectivity index (χ3n) is 2.01. The van der Waals surface area contributed by atoms with E-state index in [-0.39, 0.29) is 0 Å². The van der Waals surface area contributed by atoms with Gasteiger partial charge in [-0.05, 0) is 34.1 Å². The van der Waals surface area contributed by atoms with E-state index in [0.717, 1.165) is 14.4 Å². The van der Waals surface area contributed by atoms with Crippen LogP contribution < -0.4 is 0 Å². The van der Waals surface area contributed by atoms with Crippen molar-refractivity contribution in [3.8, 4) is 10.6 Å². The zero-order chi connectivity index (χ0) is 10.3. The summed E-state index contributed by atoms with van der Waals surface area (Å²) in [7, 11) is 0.